The summed E-state index contributed by atoms with van der Waals surface area (Å²) in [5, 5.41) is 9.04. The van der Waals surface area contributed by atoms with Crippen LogP contribution in [0.3, 0.4) is 0 Å². The van der Waals surface area contributed by atoms with Crippen LogP contribution in [0.1, 0.15) is 19.2 Å². The van der Waals surface area contributed by atoms with Crippen LogP contribution in [0, 0.1) is 5.92 Å². The Labute approximate surface area is 128 Å². The van der Waals surface area contributed by atoms with E-state index in [0.717, 1.165) is 23.3 Å². The number of carboxylic acids is 1. The molecule has 3 rings (SSSR count). The molecule has 0 bridgehead atoms. The summed E-state index contributed by atoms with van der Waals surface area (Å²) >= 11 is 0. The van der Waals surface area contributed by atoms with Crippen molar-refractivity contribution < 1.29 is 14.7 Å². The Morgan fingerprint density at radius 1 is 1.36 bits per heavy atom. The molecule has 1 amide bonds. The van der Waals surface area contributed by atoms with Gasteiger partial charge in [0.15, 0.2) is 0 Å². The lowest BCUT2D eigenvalue weighted by Crippen LogP contribution is -2.33. The molecule has 2 heterocycles. The van der Waals surface area contributed by atoms with Crippen LogP contribution >= 0.6 is 0 Å². The van der Waals surface area contributed by atoms with Crippen LogP contribution in [0.2, 0.25) is 0 Å². The molecule has 1 aliphatic heterocycles. The van der Waals surface area contributed by atoms with Crippen molar-refractivity contribution in [2.45, 2.75) is 26.3 Å². The second-order valence-corrected chi connectivity index (χ2v) is 5.62. The number of hydrogen-bond acceptors (Lipinski definition) is 3. The van der Waals surface area contributed by atoms with E-state index >= 15 is 0 Å². The van der Waals surface area contributed by atoms with Gasteiger partial charge in [0.05, 0.1) is 17.0 Å². The number of hydrogen-bond donors (Lipinski definition) is 1. The maximum absolute atomic E-state index is 12.5. The number of carboxylic acid groups (broad SMARTS) is 1. The lowest BCUT2D eigenvalue weighted by atomic mass is 10.1. The second-order valence-electron chi connectivity index (χ2n) is 5.62. The molecule has 0 spiro atoms. The molecule has 1 N–H and O–H groups in total. The van der Waals surface area contributed by atoms with Gasteiger partial charge >= 0.3 is 5.97 Å². The van der Waals surface area contributed by atoms with Gasteiger partial charge in [-0.2, -0.15) is 0 Å². The van der Waals surface area contributed by atoms with Gasteiger partial charge in [-0.1, -0.05) is 19.1 Å². The third kappa shape index (κ3) is 2.56. The highest BCUT2D eigenvalue weighted by Crippen LogP contribution is 2.20. The molecule has 1 aromatic heterocycles. The predicted octanol–water partition coefficient (Wildman–Crippen LogP) is 1.53. The van der Waals surface area contributed by atoms with E-state index in [1.54, 1.807) is 4.90 Å². The Hall–Kier alpha value is -2.37. The van der Waals surface area contributed by atoms with Crippen molar-refractivity contribution in [3.63, 3.8) is 0 Å². The highest BCUT2D eigenvalue weighted by Gasteiger charge is 2.31. The number of carbonyl (C=O) groups is 2. The number of benzene rings is 1. The lowest BCUT2D eigenvalue weighted by Gasteiger charge is -2.17. The van der Waals surface area contributed by atoms with Crippen molar-refractivity contribution in [1.82, 2.24) is 14.5 Å². The number of amides is 1. The second kappa shape index (κ2) is 5.79. The Morgan fingerprint density at radius 2 is 2.14 bits per heavy atom. The van der Waals surface area contributed by atoms with E-state index in [-0.39, 0.29) is 12.5 Å². The molecule has 22 heavy (non-hydrogen) atoms. The Bertz CT molecular complexity index is 722. The molecule has 1 unspecified atom stereocenters. The zero-order valence-electron chi connectivity index (χ0n) is 12.5. The summed E-state index contributed by atoms with van der Waals surface area (Å²) < 4.78 is 1.94. The SMILES string of the molecule is CCc1nc2ccccc2n1CC(=O)N1CCC(C(=O)O)C1. The first-order valence-electron chi connectivity index (χ1n) is 7.55. The van der Waals surface area contributed by atoms with Crippen molar-refractivity contribution in [2.75, 3.05) is 13.1 Å². The molecule has 0 saturated carbocycles. The molecule has 6 heteroatoms. The van der Waals surface area contributed by atoms with E-state index < -0.39 is 11.9 Å². The van der Waals surface area contributed by atoms with Gasteiger partial charge in [-0.25, -0.2) is 4.98 Å². The first-order chi connectivity index (χ1) is 10.6. The molecule has 6 nitrogen and oxygen atoms in total. The van der Waals surface area contributed by atoms with Crippen LogP contribution in [0.15, 0.2) is 24.3 Å². The number of imidazole rings is 1. The summed E-state index contributed by atoms with van der Waals surface area (Å²) in [7, 11) is 0. The maximum atomic E-state index is 12.5. The van der Waals surface area contributed by atoms with Crippen LogP contribution in [0.4, 0.5) is 0 Å². The van der Waals surface area contributed by atoms with Gasteiger partial charge in [0.1, 0.15) is 12.4 Å². The monoisotopic (exact) mass is 301 g/mol. The van der Waals surface area contributed by atoms with E-state index in [1.165, 1.54) is 0 Å². The fraction of sp³-hybridized carbons (Fsp3) is 0.438. The summed E-state index contributed by atoms with van der Waals surface area (Å²) in [6.07, 6.45) is 1.28. The lowest BCUT2D eigenvalue weighted by molar-refractivity contribution is -0.141. The minimum absolute atomic E-state index is 0.0402. The smallest absolute Gasteiger partial charge is 0.308 e. The minimum atomic E-state index is -0.822. The van der Waals surface area contributed by atoms with Crippen molar-refractivity contribution in [1.29, 1.82) is 0 Å². The Kier molecular flexibility index (Phi) is 3.83. The molecule has 116 valence electrons. The zero-order chi connectivity index (χ0) is 15.7. The van der Waals surface area contributed by atoms with Gasteiger partial charge in [0.2, 0.25) is 5.91 Å². The average molecular weight is 301 g/mol. The maximum Gasteiger partial charge on any atom is 0.308 e. The van der Waals surface area contributed by atoms with E-state index in [1.807, 2.05) is 35.8 Å². The molecule has 1 aromatic carbocycles. The summed E-state index contributed by atoms with van der Waals surface area (Å²) in [4.78, 5) is 29.7. The van der Waals surface area contributed by atoms with Gasteiger partial charge in [-0.3, -0.25) is 9.59 Å². The molecule has 1 fully saturated rings. The highest BCUT2D eigenvalue weighted by molar-refractivity contribution is 5.82. The van der Waals surface area contributed by atoms with Gasteiger partial charge in [-0.15, -0.1) is 0 Å². The van der Waals surface area contributed by atoms with Crippen LogP contribution in [0.5, 0.6) is 0 Å². The topological polar surface area (TPSA) is 75.4 Å². The van der Waals surface area contributed by atoms with Gasteiger partial charge in [0, 0.05) is 19.5 Å². The van der Waals surface area contributed by atoms with Crippen molar-refractivity contribution in [3.05, 3.63) is 30.1 Å². The zero-order valence-corrected chi connectivity index (χ0v) is 12.5. The number of para-hydroxylation sites is 2. The molecule has 2 aromatic rings. The Balaban J connectivity index is 1.81. The van der Waals surface area contributed by atoms with E-state index in [2.05, 4.69) is 4.98 Å². The van der Waals surface area contributed by atoms with Gasteiger partial charge in [-0.05, 0) is 18.6 Å². The van der Waals surface area contributed by atoms with Crippen LogP contribution < -0.4 is 0 Å². The number of carbonyl (C=O) groups excluding carboxylic acids is 1. The quantitative estimate of drug-likeness (QED) is 0.929. The number of likely N-dealkylation sites (tertiary alicyclic amines) is 1. The van der Waals surface area contributed by atoms with Gasteiger partial charge in [0.25, 0.3) is 0 Å². The number of aliphatic carboxylic acids is 1. The van der Waals surface area contributed by atoms with Crippen LogP contribution in [0.25, 0.3) is 11.0 Å². The number of nitrogens with zero attached hydrogens (tertiary/aromatic N) is 3. The summed E-state index contributed by atoms with van der Waals surface area (Å²) in [6.45, 7) is 3.06. The average Bonchev–Trinajstić information content (AvgIpc) is 3.12. The molecular formula is C16H19N3O3. The van der Waals surface area contributed by atoms with E-state index in [0.29, 0.717) is 19.5 Å². The van der Waals surface area contributed by atoms with Crippen LogP contribution in [-0.4, -0.2) is 44.5 Å². The number of rotatable bonds is 4. The summed E-state index contributed by atoms with van der Waals surface area (Å²) in [6, 6.07) is 7.75. The molecule has 0 radical (unpaired) electrons. The largest absolute Gasteiger partial charge is 0.481 e. The normalized spacial score (nSPS) is 18.0. The summed E-state index contributed by atoms with van der Waals surface area (Å²) in [5.41, 5.74) is 1.83. The van der Waals surface area contributed by atoms with E-state index in [9.17, 15) is 9.59 Å². The van der Waals surface area contributed by atoms with Crippen molar-refractivity contribution >= 4 is 22.9 Å². The van der Waals surface area contributed by atoms with Crippen molar-refractivity contribution in [2.24, 2.45) is 5.92 Å². The number of aryl methyl sites for hydroxylation is 1. The first-order valence-corrected chi connectivity index (χ1v) is 7.55. The third-order valence-corrected chi connectivity index (χ3v) is 4.23. The fourth-order valence-corrected chi connectivity index (χ4v) is 3.00. The van der Waals surface area contributed by atoms with Crippen molar-refractivity contribution in [3.8, 4) is 0 Å². The molecule has 1 saturated heterocycles. The Morgan fingerprint density at radius 3 is 2.82 bits per heavy atom. The number of aromatic nitrogens is 2. The van der Waals surface area contributed by atoms with Gasteiger partial charge < -0.3 is 14.6 Å². The number of fused-ring (bicyclic) bond motifs is 1. The molecular weight excluding hydrogens is 282 g/mol. The third-order valence-electron chi connectivity index (χ3n) is 4.23. The fourth-order valence-electron chi connectivity index (χ4n) is 3.00. The highest BCUT2D eigenvalue weighted by atomic mass is 16.4. The standard InChI is InChI=1S/C16H19N3O3/c1-2-14-17-12-5-3-4-6-13(12)19(14)10-15(20)18-8-7-11(9-18)16(21)22/h3-6,11H,2,7-10H2,1H3,(H,21,22). The molecule has 0 aliphatic carbocycles. The van der Waals surface area contributed by atoms with E-state index in [4.69, 9.17) is 5.11 Å². The first kappa shape index (κ1) is 14.6. The molecule has 1 atom stereocenters. The molecule has 1 aliphatic rings. The predicted molar refractivity (Wildman–Crippen MR) is 81.4 cm³/mol. The summed E-state index contributed by atoms with van der Waals surface area (Å²) in [5.74, 6) is -0.420. The van der Waals surface area contributed by atoms with Crippen LogP contribution in [-0.2, 0) is 22.6 Å². The minimum Gasteiger partial charge on any atom is -0.481 e.